The lowest BCUT2D eigenvalue weighted by Gasteiger charge is -2.12. The molecule has 1 aromatic rings. The van der Waals surface area contributed by atoms with Crippen LogP contribution in [-0.2, 0) is 17.1 Å². The highest BCUT2D eigenvalue weighted by atomic mass is 32.2. The van der Waals surface area contributed by atoms with E-state index in [9.17, 15) is 8.42 Å². The minimum Gasteiger partial charge on any atom is -0.339 e. The summed E-state index contributed by atoms with van der Waals surface area (Å²) in [6, 6.07) is 1.58. The van der Waals surface area contributed by atoms with Crippen LogP contribution in [0.4, 0.5) is 0 Å². The van der Waals surface area contributed by atoms with Gasteiger partial charge in [0.15, 0.2) is 5.03 Å². The van der Waals surface area contributed by atoms with Gasteiger partial charge >= 0.3 is 0 Å². The van der Waals surface area contributed by atoms with Crippen LogP contribution in [0, 0.1) is 11.3 Å². The summed E-state index contributed by atoms with van der Waals surface area (Å²) < 4.78 is 27.6. The lowest BCUT2D eigenvalue weighted by atomic mass is 10.2. The summed E-state index contributed by atoms with van der Waals surface area (Å²) in [6.45, 7) is 1.82. The molecule has 0 aliphatic carbocycles. The number of aromatic nitrogens is 2. The van der Waals surface area contributed by atoms with Gasteiger partial charge in [-0.2, -0.15) is 5.26 Å². The number of nitrogens with zero attached hydrogens (tertiary/aromatic N) is 3. The van der Waals surface area contributed by atoms with Crippen LogP contribution in [0.25, 0.3) is 0 Å². The Morgan fingerprint density at radius 1 is 1.69 bits per heavy atom. The van der Waals surface area contributed by atoms with Crippen LogP contribution in [0.1, 0.15) is 19.8 Å². The Balaban J connectivity index is 2.83. The Morgan fingerprint density at radius 3 is 2.81 bits per heavy atom. The monoisotopic (exact) mass is 242 g/mol. The Bertz CT molecular complexity index is 486. The molecule has 0 spiro atoms. The van der Waals surface area contributed by atoms with Gasteiger partial charge in [-0.1, -0.05) is 6.92 Å². The molecular weight excluding hydrogens is 228 g/mol. The van der Waals surface area contributed by atoms with Crippen molar-refractivity contribution in [1.82, 2.24) is 14.3 Å². The van der Waals surface area contributed by atoms with E-state index in [0.29, 0.717) is 6.42 Å². The SMILES string of the molecule is CCC(CC#N)NS(=O)(=O)c1cn(C)cn1. The van der Waals surface area contributed by atoms with Gasteiger partial charge in [-0.3, -0.25) is 0 Å². The highest BCUT2D eigenvalue weighted by molar-refractivity contribution is 7.89. The summed E-state index contributed by atoms with van der Waals surface area (Å²) in [4.78, 5) is 3.76. The second-order valence-corrected chi connectivity index (χ2v) is 5.13. The predicted octanol–water partition coefficient (Wildman–Crippen LogP) is 0.391. The molecule has 88 valence electrons. The molecule has 1 N–H and O–H groups in total. The maximum absolute atomic E-state index is 11.8. The summed E-state index contributed by atoms with van der Waals surface area (Å²) in [6.07, 6.45) is 3.56. The second kappa shape index (κ2) is 5.09. The number of nitriles is 1. The third-order valence-electron chi connectivity index (χ3n) is 2.11. The van der Waals surface area contributed by atoms with E-state index in [1.165, 1.54) is 12.5 Å². The minimum atomic E-state index is -3.61. The van der Waals surface area contributed by atoms with Crippen LogP contribution < -0.4 is 4.72 Å². The van der Waals surface area contributed by atoms with Gasteiger partial charge < -0.3 is 4.57 Å². The minimum absolute atomic E-state index is 0.0219. The third kappa shape index (κ3) is 3.05. The van der Waals surface area contributed by atoms with Crippen molar-refractivity contribution in [3.8, 4) is 6.07 Å². The number of hydrogen-bond donors (Lipinski definition) is 1. The van der Waals surface area contributed by atoms with Gasteiger partial charge in [0.1, 0.15) is 0 Å². The van der Waals surface area contributed by atoms with Crippen LogP contribution in [0.3, 0.4) is 0 Å². The van der Waals surface area contributed by atoms with Crippen molar-refractivity contribution >= 4 is 10.0 Å². The molecule has 16 heavy (non-hydrogen) atoms. The normalized spacial score (nSPS) is 13.3. The number of hydrogen-bond acceptors (Lipinski definition) is 4. The lowest BCUT2D eigenvalue weighted by Crippen LogP contribution is -2.34. The van der Waals surface area contributed by atoms with Crippen LogP contribution >= 0.6 is 0 Å². The largest absolute Gasteiger partial charge is 0.339 e. The first-order valence-corrected chi connectivity index (χ1v) is 6.35. The first-order valence-electron chi connectivity index (χ1n) is 4.87. The topological polar surface area (TPSA) is 87.8 Å². The number of rotatable bonds is 5. The summed E-state index contributed by atoms with van der Waals surface area (Å²) in [5.41, 5.74) is 0. The predicted molar refractivity (Wildman–Crippen MR) is 57.8 cm³/mol. The van der Waals surface area contributed by atoms with Crippen LogP contribution in [-0.4, -0.2) is 24.0 Å². The van der Waals surface area contributed by atoms with Crippen molar-refractivity contribution in [2.45, 2.75) is 30.8 Å². The van der Waals surface area contributed by atoms with Crippen LogP contribution in [0.15, 0.2) is 17.6 Å². The highest BCUT2D eigenvalue weighted by Gasteiger charge is 2.20. The van der Waals surface area contributed by atoms with E-state index >= 15 is 0 Å². The van der Waals surface area contributed by atoms with Crippen molar-refractivity contribution < 1.29 is 8.42 Å². The Morgan fingerprint density at radius 2 is 2.38 bits per heavy atom. The molecule has 0 fully saturated rings. The fraction of sp³-hybridized carbons (Fsp3) is 0.556. The van der Waals surface area contributed by atoms with E-state index in [-0.39, 0.29) is 17.5 Å². The van der Waals surface area contributed by atoms with Gasteiger partial charge in [0.2, 0.25) is 0 Å². The van der Waals surface area contributed by atoms with Gasteiger partial charge in [0, 0.05) is 19.3 Å². The molecule has 1 unspecified atom stereocenters. The molecule has 0 amide bonds. The number of sulfonamides is 1. The maximum atomic E-state index is 11.8. The molecule has 0 aromatic carbocycles. The van der Waals surface area contributed by atoms with Crippen LogP contribution in [0.5, 0.6) is 0 Å². The zero-order chi connectivity index (χ0) is 12.2. The standard InChI is InChI=1S/C9H14N4O2S/c1-3-8(4-5-10)12-16(14,15)9-6-13(2)7-11-9/h6-8,12H,3-4H2,1-2H3. The highest BCUT2D eigenvalue weighted by Crippen LogP contribution is 2.07. The maximum Gasteiger partial charge on any atom is 0.259 e. The van der Waals surface area contributed by atoms with Crippen molar-refractivity contribution in [2.24, 2.45) is 7.05 Å². The van der Waals surface area contributed by atoms with Gasteiger partial charge in [-0.05, 0) is 6.42 Å². The molecule has 1 aromatic heterocycles. The van der Waals surface area contributed by atoms with Gasteiger partial charge in [-0.25, -0.2) is 18.1 Å². The first-order chi connectivity index (χ1) is 7.49. The summed E-state index contributed by atoms with van der Waals surface area (Å²) >= 11 is 0. The molecule has 0 saturated carbocycles. The quantitative estimate of drug-likeness (QED) is 0.809. The van der Waals surface area contributed by atoms with E-state index in [0.717, 1.165) is 0 Å². The Hall–Kier alpha value is -1.39. The molecule has 6 nitrogen and oxygen atoms in total. The van der Waals surface area contributed by atoms with Gasteiger partial charge in [0.05, 0.1) is 18.8 Å². The summed E-state index contributed by atoms with van der Waals surface area (Å²) in [7, 11) is -1.91. The molecular formula is C9H14N4O2S. The van der Waals surface area contributed by atoms with Gasteiger partial charge in [-0.15, -0.1) is 0 Å². The smallest absolute Gasteiger partial charge is 0.259 e. The molecule has 1 atom stereocenters. The molecule has 7 heteroatoms. The Labute approximate surface area is 95.0 Å². The molecule has 0 aliphatic heterocycles. The van der Waals surface area contributed by atoms with E-state index in [4.69, 9.17) is 5.26 Å². The van der Waals surface area contributed by atoms with Gasteiger partial charge in [0.25, 0.3) is 10.0 Å². The molecule has 0 radical (unpaired) electrons. The average Bonchev–Trinajstić information content (AvgIpc) is 2.64. The molecule has 0 bridgehead atoms. The first kappa shape index (κ1) is 12.7. The fourth-order valence-corrected chi connectivity index (χ4v) is 2.49. The zero-order valence-electron chi connectivity index (χ0n) is 9.21. The Kier molecular flexibility index (Phi) is 4.04. The fourth-order valence-electron chi connectivity index (χ4n) is 1.19. The number of nitrogens with one attached hydrogen (secondary N) is 1. The van der Waals surface area contributed by atoms with E-state index < -0.39 is 10.0 Å². The van der Waals surface area contributed by atoms with Crippen LogP contribution in [0.2, 0.25) is 0 Å². The van der Waals surface area contributed by atoms with Crippen molar-refractivity contribution in [3.05, 3.63) is 12.5 Å². The molecule has 1 rings (SSSR count). The van der Waals surface area contributed by atoms with Crippen molar-refractivity contribution in [1.29, 1.82) is 5.26 Å². The van der Waals surface area contributed by atoms with E-state index in [1.54, 1.807) is 11.6 Å². The van der Waals surface area contributed by atoms with E-state index in [1.807, 2.05) is 13.0 Å². The average molecular weight is 242 g/mol. The second-order valence-electron chi connectivity index (χ2n) is 3.47. The molecule has 1 heterocycles. The third-order valence-corrected chi connectivity index (χ3v) is 3.51. The van der Waals surface area contributed by atoms with Crippen molar-refractivity contribution in [3.63, 3.8) is 0 Å². The van der Waals surface area contributed by atoms with Crippen molar-refractivity contribution in [2.75, 3.05) is 0 Å². The summed E-state index contributed by atoms with van der Waals surface area (Å²) in [5, 5.41) is 8.51. The van der Waals surface area contributed by atoms with E-state index in [2.05, 4.69) is 9.71 Å². The number of aryl methyl sites for hydroxylation is 1. The lowest BCUT2D eigenvalue weighted by molar-refractivity contribution is 0.540. The number of imidazole rings is 1. The summed E-state index contributed by atoms with van der Waals surface area (Å²) in [5.74, 6) is 0. The molecule has 0 saturated heterocycles. The zero-order valence-corrected chi connectivity index (χ0v) is 10.0. The molecule has 0 aliphatic rings.